The van der Waals surface area contributed by atoms with Crippen LogP contribution in [0.3, 0.4) is 0 Å². The van der Waals surface area contributed by atoms with Crippen molar-refractivity contribution >= 4 is 11.0 Å². The monoisotopic (exact) mass is 277 g/mol. The van der Waals surface area contributed by atoms with Crippen molar-refractivity contribution in [2.24, 2.45) is 0 Å². The molecule has 2 aromatic carbocycles. The van der Waals surface area contributed by atoms with Gasteiger partial charge < -0.3 is 5.32 Å². The Kier molecular flexibility index (Phi) is 2.82. The third kappa shape index (κ3) is 1.96. The quantitative estimate of drug-likeness (QED) is 0.739. The average Bonchev–Trinajstić information content (AvgIpc) is 2.90. The fourth-order valence-electron chi connectivity index (χ4n) is 3.18. The third-order valence-corrected chi connectivity index (χ3v) is 4.54. The SMILES string of the molecule is Cc1cc2ncn(-c3cccc4c3CNCC4)c2cc1C. The summed E-state index contributed by atoms with van der Waals surface area (Å²) in [5.74, 6) is 0. The van der Waals surface area contributed by atoms with Crippen LogP contribution in [0.25, 0.3) is 16.7 Å². The van der Waals surface area contributed by atoms with Crippen molar-refractivity contribution in [1.29, 1.82) is 0 Å². The molecule has 0 saturated carbocycles. The molecule has 0 amide bonds. The first-order valence-electron chi connectivity index (χ1n) is 7.50. The summed E-state index contributed by atoms with van der Waals surface area (Å²) in [5, 5.41) is 3.48. The predicted molar refractivity (Wildman–Crippen MR) is 86.0 cm³/mol. The number of fused-ring (bicyclic) bond motifs is 2. The third-order valence-electron chi connectivity index (χ3n) is 4.54. The molecule has 1 N–H and O–H groups in total. The highest BCUT2D eigenvalue weighted by molar-refractivity contribution is 5.79. The minimum atomic E-state index is 0.940. The number of benzene rings is 2. The summed E-state index contributed by atoms with van der Waals surface area (Å²) >= 11 is 0. The molecule has 21 heavy (non-hydrogen) atoms. The lowest BCUT2D eigenvalue weighted by Gasteiger charge is -2.21. The Balaban J connectivity index is 1.97. The molecule has 1 aliphatic rings. The fraction of sp³-hybridized carbons (Fsp3) is 0.278. The summed E-state index contributed by atoms with van der Waals surface area (Å²) < 4.78 is 2.23. The Morgan fingerprint density at radius 2 is 2.00 bits per heavy atom. The Bertz CT molecular complexity index is 830. The number of hydrogen-bond acceptors (Lipinski definition) is 2. The molecule has 2 heterocycles. The van der Waals surface area contributed by atoms with Crippen LogP contribution >= 0.6 is 0 Å². The van der Waals surface area contributed by atoms with Crippen LogP contribution in [0.15, 0.2) is 36.7 Å². The predicted octanol–water partition coefficient (Wildman–Crippen LogP) is 3.29. The van der Waals surface area contributed by atoms with E-state index in [0.717, 1.165) is 25.0 Å². The van der Waals surface area contributed by atoms with Crippen molar-refractivity contribution in [3.63, 3.8) is 0 Å². The topological polar surface area (TPSA) is 29.9 Å². The first kappa shape index (κ1) is 12.6. The Morgan fingerprint density at radius 3 is 2.90 bits per heavy atom. The number of hydrogen-bond donors (Lipinski definition) is 1. The second-order valence-electron chi connectivity index (χ2n) is 5.88. The number of rotatable bonds is 1. The van der Waals surface area contributed by atoms with E-state index >= 15 is 0 Å². The van der Waals surface area contributed by atoms with E-state index in [-0.39, 0.29) is 0 Å². The standard InChI is InChI=1S/C18H19N3/c1-12-8-16-18(9-13(12)2)21(11-20-16)17-5-3-4-14-6-7-19-10-15(14)17/h3-5,8-9,11,19H,6-7,10H2,1-2H3. The zero-order valence-corrected chi connectivity index (χ0v) is 12.5. The molecule has 0 unspecified atom stereocenters. The summed E-state index contributed by atoms with van der Waals surface area (Å²) in [6.45, 7) is 6.31. The maximum atomic E-state index is 4.59. The van der Waals surface area contributed by atoms with Crippen LogP contribution in [-0.4, -0.2) is 16.1 Å². The molecule has 0 bridgehead atoms. The molecule has 3 nitrogen and oxygen atoms in total. The smallest absolute Gasteiger partial charge is 0.100 e. The summed E-state index contributed by atoms with van der Waals surface area (Å²) in [5.41, 5.74) is 8.98. The minimum absolute atomic E-state index is 0.940. The van der Waals surface area contributed by atoms with E-state index in [1.165, 1.54) is 33.5 Å². The first-order valence-corrected chi connectivity index (χ1v) is 7.50. The van der Waals surface area contributed by atoms with E-state index in [9.17, 15) is 0 Å². The number of nitrogens with one attached hydrogen (secondary N) is 1. The molecule has 0 atom stereocenters. The van der Waals surface area contributed by atoms with Crippen LogP contribution in [-0.2, 0) is 13.0 Å². The van der Waals surface area contributed by atoms with Crippen molar-refractivity contribution in [2.75, 3.05) is 6.54 Å². The van der Waals surface area contributed by atoms with E-state index < -0.39 is 0 Å². The van der Waals surface area contributed by atoms with E-state index in [1.807, 2.05) is 6.33 Å². The second-order valence-corrected chi connectivity index (χ2v) is 5.88. The Morgan fingerprint density at radius 1 is 1.14 bits per heavy atom. The summed E-state index contributed by atoms with van der Waals surface area (Å²) in [6.07, 6.45) is 3.06. The first-order chi connectivity index (χ1) is 10.2. The molecule has 106 valence electrons. The second kappa shape index (κ2) is 4.71. The van der Waals surface area contributed by atoms with Crippen molar-refractivity contribution in [3.8, 4) is 5.69 Å². The Labute approximate surface area is 124 Å². The van der Waals surface area contributed by atoms with E-state index in [4.69, 9.17) is 0 Å². The van der Waals surface area contributed by atoms with Gasteiger partial charge >= 0.3 is 0 Å². The maximum absolute atomic E-state index is 4.59. The van der Waals surface area contributed by atoms with Gasteiger partial charge in [-0.25, -0.2) is 4.98 Å². The van der Waals surface area contributed by atoms with Gasteiger partial charge in [-0.2, -0.15) is 0 Å². The van der Waals surface area contributed by atoms with Gasteiger partial charge in [-0.3, -0.25) is 4.57 Å². The van der Waals surface area contributed by atoms with E-state index in [1.54, 1.807) is 0 Å². The van der Waals surface area contributed by atoms with Gasteiger partial charge in [-0.1, -0.05) is 12.1 Å². The molecule has 3 heteroatoms. The average molecular weight is 277 g/mol. The van der Waals surface area contributed by atoms with Gasteiger partial charge in [0.25, 0.3) is 0 Å². The highest BCUT2D eigenvalue weighted by atomic mass is 15.1. The minimum Gasteiger partial charge on any atom is -0.312 e. The number of nitrogens with zero attached hydrogens (tertiary/aromatic N) is 2. The summed E-state index contributed by atoms with van der Waals surface area (Å²) in [4.78, 5) is 4.59. The van der Waals surface area contributed by atoms with Crippen LogP contribution < -0.4 is 5.32 Å². The van der Waals surface area contributed by atoms with Crippen molar-refractivity contribution in [3.05, 3.63) is 58.9 Å². The zero-order chi connectivity index (χ0) is 14.4. The molecule has 0 saturated heterocycles. The molecular weight excluding hydrogens is 258 g/mol. The van der Waals surface area contributed by atoms with Gasteiger partial charge in [0, 0.05) is 6.54 Å². The number of aromatic nitrogens is 2. The van der Waals surface area contributed by atoms with Gasteiger partial charge in [-0.15, -0.1) is 0 Å². The molecule has 0 spiro atoms. The van der Waals surface area contributed by atoms with Crippen molar-refractivity contribution < 1.29 is 0 Å². The molecule has 0 fully saturated rings. The lowest BCUT2D eigenvalue weighted by Crippen LogP contribution is -2.24. The molecule has 4 rings (SSSR count). The molecule has 3 aromatic rings. The Hall–Kier alpha value is -2.13. The molecule has 1 aliphatic heterocycles. The van der Waals surface area contributed by atoms with E-state index in [2.05, 4.69) is 59.0 Å². The summed E-state index contributed by atoms with van der Waals surface area (Å²) in [7, 11) is 0. The van der Waals surface area contributed by atoms with Gasteiger partial charge in [0.15, 0.2) is 0 Å². The van der Waals surface area contributed by atoms with Gasteiger partial charge in [0.1, 0.15) is 6.33 Å². The van der Waals surface area contributed by atoms with Crippen molar-refractivity contribution in [1.82, 2.24) is 14.9 Å². The number of imidazole rings is 1. The fourth-order valence-corrected chi connectivity index (χ4v) is 3.18. The van der Waals surface area contributed by atoms with Gasteiger partial charge in [0.2, 0.25) is 0 Å². The van der Waals surface area contributed by atoms with E-state index in [0.29, 0.717) is 0 Å². The lowest BCUT2D eigenvalue weighted by atomic mass is 9.99. The zero-order valence-electron chi connectivity index (χ0n) is 12.5. The van der Waals surface area contributed by atoms with Gasteiger partial charge in [0.05, 0.1) is 16.7 Å². The normalized spacial score (nSPS) is 14.4. The molecule has 0 radical (unpaired) electrons. The number of aryl methyl sites for hydroxylation is 2. The summed E-state index contributed by atoms with van der Waals surface area (Å²) in [6, 6.07) is 11.0. The van der Waals surface area contributed by atoms with Crippen molar-refractivity contribution in [2.45, 2.75) is 26.8 Å². The van der Waals surface area contributed by atoms with Crippen LogP contribution in [0, 0.1) is 13.8 Å². The lowest BCUT2D eigenvalue weighted by molar-refractivity contribution is 0.640. The van der Waals surface area contributed by atoms with Crippen LogP contribution in [0.2, 0.25) is 0 Å². The largest absolute Gasteiger partial charge is 0.312 e. The molecule has 1 aromatic heterocycles. The highest BCUT2D eigenvalue weighted by Crippen LogP contribution is 2.26. The highest BCUT2D eigenvalue weighted by Gasteiger charge is 2.15. The molecule has 0 aliphatic carbocycles. The molecular formula is C18H19N3. The van der Waals surface area contributed by atoms with Gasteiger partial charge in [-0.05, 0) is 67.3 Å². The van der Waals surface area contributed by atoms with Crippen LogP contribution in [0.1, 0.15) is 22.3 Å². The van der Waals surface area contributed by atoms with Crippen LogP contribution in [0.5, 0.6) is 0 Å². The van der Waals surface area contributed by atoms with Crippen LogP contribution in [0.4, 0.5) is 0 Å². The maximum Gasteiger partial charge on any atom is 0.100 e.